The number of pyridine rings is 1. The molecular weight excluding hydrogens is 288 g/mol. The van der Waals surface area contributed by atoms with Gasteiger partial charge in [-0.2, -0.15) is 0 Å². The molecule has 5 heteroatoms. The lowest BCUT2D eigenvalue weighted by Gasteiger charge is -2.13. The summed E-state index contributed by atoms with van der Waals surface area (Å²) in [4.78, 5) is 8.68. The van der Waals surface area contributed by atoms with E-state index in [1.807, 2.05) is 30.3 Å². The zero-order chi connectivity index (χ0) is 16.1. The third-order valence-corrected chi connectivity index (χ3v) is 3.89. The van der Waals surface area contributed by atoms with E-state index in [0.29, 0.717) is 13.1 Å². The van der Waals surface area contributed by atoms with Crippen molar-refractivity contribution in [2.24, 2.45) is 0 Å². The number of benzene rings is 1. The van der Waals surface area contributed by atoms with Crippen molar-refractivity contribution >= 4 is 11.0 Å². The number of hydrogen-bond acceptors (Lipinski definition) is 4. The fraction of sp³-hybridized carbons (Fsp3) is 0.333. The predicted molar refractivity (Wildman–Crippen MR) is 90.9 cm³/mol. The van der Waals surface area contributed by atoms with Crippen LogP contribution < -0.4 is 5.32 Å². The van der Waals surface area contributed by atoms with Gasteiger partial charge in [-0.15, -0.1) is 0 Å². The molecule has 120 valence electrons. The average molecular weight is 310 g/mol. The highest BCUT2D eigenvalue weighted by molar-refractivity contribution is 5.75. The summed E-state index contributed by atoms with van der Waals surface area (Å²) in [5.41, 5.74) is 3.06. The van der Waals surface area contributed by atoms with E-state index in [2.05, 4.69) is 27.9 Å². The minimum atomic E-state index is -0.540. The van der Waals surface area contributed by atoms with Crippen LogP contribution >= 0.6 is 0 Å². The second-order valence-electron chi connectivity index (χ2n) is 5.60. The molecule has 2 aromatic heterocycles. The molecule has 1 atom stereocenters. The highest BCUT2D eigenvalue weighted by Gasteiger charge is 2.11. The van der Waals surface area contributed by atoms with Crippen molar-refractivity contribution in [3.63, 3.8) is 0 Å². The lowest BCUT2D eigenvalue weighted by atomic mass is 10.1. The summed E-state index contributed by atoms with van der Waals surface area (Å²) in [5.74, 6) is 1.01. The Morgan fingerprint density at radius 2 is 1.96 bits per heavy atom. The van der Waals surface area contributed by atoms with Crippen LogP contribution in [0.2, 0.25) is 0 Å². The quantitative estimate of drug-likeness (QED) is 0.704. The van der Waals surface area contributed by atoms with Crippen LogP contribution in [0.15, 0.2) is 48.8 Å². The maximum absolute atomic E-state index is 10.2. The topological polar surface area (TPSA) is 63.0 Å². The van der Waals surface area contributed by atoms with E-state index >= 15 is 0 Å². The SMILES string of the molecule is CCCn1c(CNCC(O)c2ccncc2)nc2ccccc21. The van der Waals surface area contributed by atoms with Gasteiger partial charge >= 0.3 is 0 Å². The smallest absolute Gasteiger partial charge is 0.123 e. The summed E-state index contributed by atoms with van der Waals surface area (Å²) in [7, 11) is 0. The first-order valence-corrected chi connectivity index (χ1v) is 8.02. The molecule has 0 aliphatic carbocycles. The van der Waals surface area contributed by atoms with Crippen molar-refractivity contribution in [1.82, 2.24) is 19.9 Å². The highest BCUT2D eigenvalue weighted by Crippen LogP contribution is 2.17. The van der Waals surface area contributed by atoms with Gasteiger partial charge in [0.2, 0.25) is 0 Å². The van der Waals surface area contributed by atoms with E-state index in [0.717, 1.165) is 29.9 Å². The molecule has 0 fully saturated rings. The Hall–Kier alpha value is -2.24. The molecule has 0 saturated heterocycles. The second kappa shape index (κ2) is 7.35. The summed E-state index contributed by atoms with van der Waals surface area (Å²) < 4.78 is 2.25. The first-order valence-electron chi connectivity index (χ1n) is 8.02. The minimum absolute atomic E-state index is 0.485. The second-order valence-corrected chi connectivity index (χ2v) is 5.60. The van der Waals surface area contributed by atoms with Crippen LogP contribution in [0.3, 0.4) is 0 Å². The lowest BCUT2D eigenvalue weighted by molar-refractivity contribution is 0.174. The van der Waals surface area contributed by atoms with E-state index in [4.69, 9.17) is 4.98 Å². The lowest BCUT2D eigenvalue weighted by Crippen LogP contribution is -2.23. The van der Waals surface area contributed by atoms with E-state index in [-0.39, 0.29) is 0 Å². The van der Waals surface area contributed by atoms with Crippen LogP contribution in [-0.2, 0) is 13.1 Å². The van der Waals surface area contributed by atoms with Crippen molar-refractivity contribution in [3.05, 3.63) is 60.2 Å². The third-order valence-electron chi connectivity index (χ3n) is 3.89. The molecule has 0 radical (unpaired) electrons. The number of rotatable bonds is 7. The Kier molecular flexibility index (Phi) is 5.00. The van der Waals surface area contributed by atoms with Crippen LogP contribution in [0.25, 0.3) is 11.0 Å². The molecule has 0 amide bonds. The fourth-order valence-corrected chi connectivity index (χ4v) is 2.76. The standard InChI is InChI=1S/C18H22N4O/c1-2-11-22-16-6-4-3-5-15(16)21-18(22)13-20-12-17(23)14-7-9-19-10-8-14/h3-10,17,20,23H,2,11-13H2,1H3. The maximum Gasteiger partial charge on any atom is 0.123 e. The van der Waals surface area contributed by atoms with Crippen molar-refractivity contribution in [3.8, 4) is 0 Å². The predicted octanol–water partition coefficient (Wildman–Crippen LogP) is 2.66. The summed E-state index contributed by atoms with van der Waals surface area (Å²) in [6.07, 6.45) is 3.91. The third kappa shape index (κ3) is 3.57. The summed E-state index contributed by atoms with van der Waals surface area (Å²) in [6, 6.07) is 11.9. The number of nitrogens with one attached hydrogen (secondary N) is 1. The normalized spacial score (nSPS) is 12.6. The number of para-hydroxylation sites is 2. The van der Waals surface area contributed by atoms with Crippen LogP contribution in [0.4, 0.5) is 0 Å². The van der Waals surface area contributed by atoms with Crippen molar-refractivity contribution in [1.29, 1.82) is 0 Å². The van der Waals surface area contributed by atoms with Gasteiger partial charge in [-0.3, -0.25) is 4.98 Å². The highest BCUT2D eigenvalue weighted by atomic mass is 16.3. The maximum atomic E-state index is 10.2. The molecule has 0 saturated carbocycles. The number of aliphatic hydroxyl groups is 1. The molecule has 0 spiro atoms. The van der Waals surface area contributed by atoms with Crippen LogP contribution in [-0.4, -0.2) is 26.2 Å². The molecule has 23 heavy (non-hydrogen) atoms. The molecule has 2 N–H and O–H groups in total. The summed E-state index contributed by atoms with van der Waals surface area (Å²) in [5, 5.41) is 13.5. The number of aryl methyl sites for hydroxylation is 1. The van der Waals surface area contributed by atoms with E-state index in [1.54, 1.807) is 12.4 Å². The monoisotopic (exact) mass is 310 g/mol. The van der Waals surface area contributed by atoms with Crippen LogP contribution in [0.5, 0.6) is 0 Å². The first kappa shape index (κ1) is 15.6. The zero-order valence-corrected chi connectivity index (χ0v) is 13.3. The molecule has 0 aliphatic rings. The van der Waals surface area contributed by atoms with Crippen LogP contribution in [0, 0.1) is 0 Å². The van der Waals surface area contributed by atoms with Gasteiger partial charge in [0, 0.05) is 25.5 Å². The van der Waals surface area contributed by atoms with E-state index < -0.39 is 6.10 Å². The number of aromatic nitrogens is 3. The molecule has 3 aromatic rings. The molecule has 1 aromatic carbocycles. The molecular formula is C18H22N4O. The van der Waals surface area contributed by atoms with E-state index in [9.17, 15) is 5.11 Å². The number of fused-ring (bicyclic) bond motifs is 1. The molecule has 2 heterocycles. The number of aliphatic hydroxyl groups excluding tert-OH is 1. The molecule has 1 unspecified atom stereocenters. The Morgan fingerprint density at radius 1 is 1.17 bits per heavy atom. The zero-order valence-electron chi connectivity index (χ0n) is 13.3. The van der Waals surface area contributed by atoms with E-state index in [1.165, 1.54) is 5.52 Å². The van der Waals surface area contributed by atoms with Gasteiger partial charge in [-0.05, 0) is 36.2 Å². The largest absolute Gasteiger partial charge is 0.387 e. The molecule has 0 bridgehead atoms. The van der Waals surface area contributed by atoms with Crippen LogP contribution in [0.1, 0.15) is 30.8 Å². The fourth-order valence-electron chi connectivity index (χ4n) is 2.76. The van der Waals surface area contributed by atoms with Gasteiger partial charge < -0.3 is 15.0 Å². The Morgan fingerprint density at radius 3 is 2.74 bits per heavy atom. The van der Waals surface area contributed by atoms with Crippen molar-refractivity contribution in [2.45, 2.75) is 32.5 Å². The Labute approximate surface area is 136 Å². The molecule has 0 aliphatic heterocycles. The Balaban J connectivity index is 1.68. The number of imidazole rings is 1. The van der Waals surface area contributed by atoms with Gasteiger partial charge in [0.15, 0.2) is 0 Å². The summed E-state index contributed by atoms with van der Waals surface area (Å²) in [6.45, 7) is 4.24. The van der Waals surface area contributed by atoms with Crippen molar-refractivity contribution in [2.75, 3.05) is 6.54 Å². The minimum Gasteiger partial charge on any atom is -0.387 e. The summed E-state index contributed by atoms with van der Waals surface area (Å²) >= 11 is 0. The van der Waals surface area contributed by atoms with Gasteiger partial charge in [-0.1, -0.05) is 19.1 Å². The number of hydrogen-bond donors (Lipinski definition) is 2. The molecule has 3 rings (SSSR count). The molecule has 5 nitrogen and oxygen atoms in total. The first-order chi connectivity index (χ1) is 11.3. The van der Waals surface area contributed by atoms with Gasteiger partial charge in [0.05, 0.1) is 23.7 Å². The van der Waals surface area contributed by atoms with Gasteiger partial charge in [0.25, 0.3) is 0 Å². The average Bonchev–Trinajstić information content (AvgIpc) is 2.94. The van der Waals surface area contributed by atoms with Gasteiger partial charge in [0.1, 0.15) is 5.82 Å². The number of nitrogens with zero attached hydrogens (tertiary/aromatic N) is 3. The van der Waals surface area contributed by atoms with Gasteiger partial charge in [-0.25, -0.2) is 4.98 Å². The Bertz CT molecular complexity index is 754. The van der Waals surface area contributed by atoms with Crippen molar-refractivity contribution < 1.29 is 5.11 Å².